The Morgan fingerprint density at radius 3 is 2.62 bits per heavy atom. The summed E-state index contributed by atoms with van der Waals surface area (Å²) in [7, 11) is 0. The molecule has 3 N–H and O–H groups in total. The molecule has 1 saturated heterocycles. The molecular formula is C23H33N3O2S. The first-order valence-corrected chi connectivity index (χ1v) is 11.3. The van der Waals surface area contributed by atoms with Crippen LogP contribution in [0.15, 0.2) is 46.8 Å². The van der Waals surface area contributed by atoms with Crippen LogP contribution < -0.4 is 10.6 Å². The van der Waals surface area contributed by atoms with Crippen molar-refractivity contribution in [3.8, 4) is 0 Å². The standard InChI is InChI=1S/C23H33N3O2S/c1-4-24-21(25-16-22(3,27)20-10-7-15-29-20)26-17-23(11-13-28-14-12-23)19-9-6-5-8-18(19)2/h5-10,15,27H,4,11-14,16-17H2,1-3H3,(H2,24,25,26). The van der Waals surface area contributed by atoms with E-state index < -0.39 is 5.60 Å². The molecule has 0 aliphatic carbocycles. The number of ether oxygens (including phenoxy) is 1. The molecule has 1 fully saturated rings. The summed E-state index contributed by atoms with van der Waals surface area (Å²) < 4.78 is 5.67. The second kappa shape index (κ2) is 9.74. The maximum atomic E-state index is 10.8. The first-order valence-electron chi connectivity index (χ1n) is 10.4. The van der Waals surface area contributed by atoms with Crippen molar-refractivity contribution >= 4 is 17.3 Å². The van der Waals surface area contributed by atoms with Gasteiger partial charge in [-0.15, -0.1) is 11.3 Å². The van der Waals surface area contributed by atoms with Crippen LogP contribution in [0, 0.1) is 6.92 Å². The van der Waals surface area contributed by atoms with Gasteiger partial charge in [0.2, 0.25) is 0 Å². The summed E-state index contributed by atoms with van der Waals surface area (Å²) in [6.07, 6.45) is 1.97. The number of guanidine groups is 1. The Labute approximate surface area is 178 Å². The van der Waals surface area contributed by atoms with E-state index in [-0.39, 0.29) is 5.41 Å². The largest absolute Gasteiger partial charge is 0.383 e. The van der Waals surface area contributed by atoms with E-state index in [1.165, 1.54) is 11.1 Å². The van der Waals surface area contributed by atoms with Gasteiger partial charge in [-0.3, -0.25) is 0 Å². The lowest BCUT2D eigenvalue weighted by Gasteiger charge is -2.39. The lowest BCUT2D eigenvalue weighted by atomic mass is 9.72. The molecule has 1 atom stereocenters. The minimum Gasteiger partial charge on any atom is -0.383 e. The van der Waals surface area contributed by atoms with Gasteiger partial charge in [-0.2, -0.15) is 0 Å². The van der Waals surface area contributed by atoms with E-state index in [4.69, 9.17) is 9.73 Å². The van der Waals surface area contributed by atoms with Gasteiger partial charge >= 0.3 is 0 Å². The first-order chi connectivity index (χ1) is 14.0. The van der Waals surface area contributed by atoms with Crippen molar-refractivity contribution < 1.29 is 9.84 Å². The summed E-state index contributed by atoms with van der Waals surface area (Å²) in [5.74, 6) is 0.740. The van der Waals surface area contributed by atoms with Crippen molar-refractivity contribution in [3.05, 3.63) is 57.8 Å². The number of nitrogens with zero attached hydrogens (tertiary/aromatic N) is 1. The Hall–Kier alpha value is -1.89. The zero-order chi connectivity index (χ0) is 20.7. The van der Waals surface area contributed by atoms with Gasteiger partial charge in [-0.25, -0.2) is 4.99 Å². The molecular weight excluding hydrogens is 382 g/mol. The van der Waals surface area contributed by atoms with Crippen molar-refractivity contribution in [3.63, 3.8) is 0 Å². The summed E-state index contributed by atoms with van der Waals surface area (Å²) in [4.78, 5) is 5.62. The monoisotopic (exact) mass is 415 g/mol. The number of aliphatic imine (C=N–C) groups is 1. The maximum Gasteiger partial charge on any atom is 0.191 e. The van der Waals surface area contributed by atoms with Crippen molar-refractivity contribution in [2.24, 2.45) is 4.99 Å². The predicted octanol–water partition coefficient (Wildman–Crippen LogP) is 3.57. The van der Waals surface area contributed by atoms with Crippen molar-refractivity contribution in [2.75, 3.05) is 32.8 Å². The Kier molecular flexibility index (Phi) is 7.33. The normalized spacial score (nSPS) is 18.8. The Balaban J connectivity index is 1.76. The highest BCUT2D eigenvalue weighted by molar-refractivity contribution is 7.10. The number of benzene rings is 1. The molecule has 29 heavy (non-hydrogen) atoms. The Bertz CT molecular complexity index is 796. The zero-order valence-corrected chi connectivity index (χ0v) is 18.5. The average molecular weight is 416 g/mol. The molecule has 0 amide bonds. The molecule has 1 aliphatic heterocycles. The highest BCUT2D eigenvalue weighted by Crippen LogP contribution is 2.36. The van der Waals surface area contributed by atoms with Crippen molar-refractivity contribution in [1.29, 1.82) is 0 Å². The van der Waals surface area contributed by atoms with Gasteiger partial charge in [0.25, 0.3) is 0 Å². The Morgan fingerprint density at radius 2 is 1.97 bits per heavy atom. The fraction of sp³-hybridized carbons (Fsp3) is 0.522. The molecule has 1 aliphatic rings. The summed E-state index contributed by atoms with van der Waals surface area (Å²) in [5.41, 5.74) is 1.76. The number of nitrogens with one attached hydrogen (secondary N) is 2. The maximum absolute atomic E-state index is 10.8. The van der Waals surface area contributed by atoms with E-state index in [1.54, 1.807) is 11.3 Å². The molecule has 1 aromatic carbocycles. The molecule has 0 spiro atoms. The van der Waals surface area contributed by atoms with Gasteiger partial charge in [0.05, 0.1) is 6.54 Å². The number of hydrogen-bond acceptors (Lipinski definition) is 4. The van der Waals surface area contributed by atoms with E-state index in [9.17, 15) is 5.11 Å². The smallest absolute Gasteiger partial charge is 0.191 e. The molecule has 2 aromatic rings. The highest BCUT2D eigenvalue weighted by atomic mass is 32.1. The first kappa shape index (κ1) is 21.8. The van der Waals surface area contributed by atoms with Crippen molar-refractivity contribution in [1.82, 2.24) is 10.6 Å². The number of thiophene rings is 1. The summed E-state index contributed by atoms with van der Waals surface area (Å²) in [6.45, 7) is 9.47. The van der Waals surface area contributed by atoms with Crippen LogP contribution in [0.2, 0.25) is 0 Å². The number of aryl methyl sites for hydroxylation is 1. The van der Waals surface area contributed by atoms with Crippen LogP contribution in [-0.2, 0) is 15.8 Å². The van der Waals surface area contributed by atoms with Gasteiger partial charge in [-0.1, -0.05) is 30.3 Å². The van der Waals surface area contributed by atoms with E-state index in [2.05, 4.69) is 48.7 Å². The minimum absolute atomic E-state index is 0.0239. The summed E-state index contributed by atoms with van der Waals surface area (Å²) in [6, 6.07) is 12.6. The summed E-state index contributed by atoms with van der Waals surface area (Å²) in [5, 5.41) is 19.7. The molecule has 1 unspecified atom stereocenters. The van der Waals surface area contributed by atoms with Crippen LogP contribution in [0.25, 0.3) is 0 Å². The number of rotatable bonds is 7. The molecule has 2 heterocycles. The minimum atomic E-state index is -0.969. The third kappa shape index (κ3) is 5.38. The van der Waals surface area contributed by atoms with Crippen LogP contribution in [0.3, 0.4) is 0 Å². The van der Waals surface area contributed by atoms with Gasteiger partial charge in [0.15, 0.2) is 5.96 Å². The van der Waals surface area contributed by atoms with Crippen LogP contribution in [0.1, 0.15) is 42.7 Å². The second-order valence-electron chi connectivity index (χ2n) is 8.01. The molecule has 0 radical (unpaired) electrons. The van der Waals surface area contributed by atoms with Gasteiger partial charge in [0, 0.05) is 36.6 Å². The highest BCUT2D eigenvalue weighted by Gasteiger charge is 2.35. The number of hydrogen-bond donors (Lipinski definition) is 3. The quantitative estimate of drug-likeness (QED) is 0.478. The number of aliphatic hydroxyl groups is 1. The second-order valence-corrected chi connectivity index (χ2v) is 8.96. The molecule has 6 heteroatoms. The molecule has 3 rings (SSSR count). The van der Waals surface area contributed by atoms with Crippen molar-refractivity contribution in [2.45, 2.75) is 44.6 Å². The molecule has 5 nitrogen and oxygen atoms in total. The fourth-order valence-electron chi connectivity index (χ4n) is 3.96. The zero-order valence-electron chi connectivity index (χ0n) is 17.7. The van der Waals surface area contributed by atoms with Gasteiger partial charge < -0.3 is 20.5 Å². The molecule has 0 saturated carbocycles. The average Bonchev–Trinajstić information content (AvgIpc) is 3.27. The van der Waals surface area contributed by atoms with Crippen LogP contribution in [-0.4, -0.2) is 43.9 Å². The van der Waals surface area contributed by atoms with Gasteiger partial charge in [0.1, 0.15) is 5.60 Å². The van der Waals surface area contributed by atoms with E-state index in [1.807, 2.05) is 24.4 Å². The predicted molar refractivity (Wildman–Crippen MR) is 121 cm³/mol. The lowest BCUT2D eigenvalue weighted by Crippen LogP contribution is -2.48. The fourth-order valence-corrected chi connectivity index (χ4v) is 4.74. The SMILES string of the molecule is CCNC(=NCC(C)(O)c1cccs1)NCC1(c2ccccc2C)CCOCC1. The van der Waals surface area contributed by atoms with Crippen LogP contribution in [0.4, 0.5) is 0 Å². The molecule has 1 aromatic heterocycles. The third-order valence-corrected chi connectivity index (χ3v) is 6.82. The van der Waals surface area contributed by atoms with Crippen LogP contribution in [0.5, 0.6) is 0 Å². The van der Waals surface area contributed by atoms with E-state index in [0.717, 1.165) is 50.0 Å². The molecule has 0 bridgehead atoms. The molecule has 158 valence electrons. The third-order valence-electron chi connectivity index (χ3n) is 5.70. The van der Waals surface area contributed by atoms with Gasteiger partial charge in [-0.05, 0) is 56.2 Å². The topological polar surface area (TPSA) is 65.9 Å². The Morgan fingerprint density at radius 1 is 1.21 bits per heavy atom. The van der Waals surface area contributed by atoms with E-state index >= 15 is 0 Å². The summed E-state index contributed by atoms with van der Waals surface area (Å²) >= 11 is 1.56. The van der Waals surface area contributed by atoms with E-state index in [0.29, 0.717) is 6.54 Å². The lowest BCUT2D eigenvalue weighted by molar-refractivity contribution is 0.0511. The van der Waals surface area contributed by atoms with Crippen LogP contribution >= 0.6 is 11.3 Å².